The van der Waals surface area contributed by atoms with Crippen LogP contribution in [0.15, 0.2) is 36.8 Å². The average Bonchev–Trinajstić information content (AvgIpc) is 2.96. The summed E-state index contributed by atoms with van der Waals surface area (Å²) in [7, 11) is 1.86. The molecule has 3 aromatic rings. The molecule has 7 heteroatoms. The van der Waals surface area contributed by atoms with Crippen LogP contribution in [0.4, 0.5) is 0 Å². The van der Waals surface area contributed by atoms with E-state index < -0.39 is 0 Å². The van der Waals surface area contributed by atoms with E-state index in [2.05, 4.69) is 20.3 Å². The van der Waals surface area contributed by atoms with Crippen LogP contribution in [-0.4, -0.2) is 29.5 Å². The molecule has 0 aliphatic heterocycles. The van der Waals surface area contributed by atoms with Crippen molar-refractivity contribution in [2.75, 3.05) is 0 Å². The second kappa shape index (κ2) is 4.19. The normalized spacial score (nSPS) is 10.7. The van der Waals surface area contributed by atoms with E-state index in [9.17, 15) is 0 Å². The van der Waals surface area contributed by atoms with E-state index in [1.165, 1.54) is 0 Å². The van der Waals surface area contributed by atoms with Gasteiger partial charge in [-0.3, -0.25) is 14.8 Å². The third-order valence-corrected chi connectivity index (χ3v) is 2.81. The van der Waals surface area contributed by atoms with E-state index in [0.29, 0.717) is 4.77 Å². The molecule has 0 saturated carbocycles. The summed E-state index contributed by atoms with van der Waals surface area (Å²) in [6, 6.07) is 5.64. The van der Waals surface area contributed by atoms with E-state index in [0.717, 1.165) is 17.2 Å². The summed E-state index contributed by atoms with van der Waals surface area (Å²) in [4.78, 5) is 3.99. The molecule has 0 saturated heterocycles. The first-order valence-electron chi connectivity index (χ1n) is 5.33. The third kappa shape index (κ3) is 1.74. The zero-order valence-electron chi connectivity index (χ0n) is 9.61. The summed E-state index contributed by atoms with van der Waals surface area (Å²) in [6.45, 7) is 0. The first-order chi connectivity index (χ1) is 8.75. The standard InChI is InChI=1S/C11H10N6S/c1-16-7-4-9(15-16)17-10(13-14-11(17)18)8-2-5-12-6-3-8/h2-7H,1H3,(H,14,18). The van der Waals surface area contributed by atoms with E-state index in [1.807, 2.05) is 31.4 Å². The summed E-state index contributed by atoms with van der Waals surface area (Å²) in [5.41, 5.74) is 0.933. The van der Waals surface area contributed by atoms with Gasteiger partial charge in [0.25, 0.3) is 0 Å². The smallest absolute Gasteiger partial charge is 0.201 e. The lowest BCUT2D eigenvalue weighted by Gasteiger charge is -2.02. The van der Waals surface area contributed by atoms with Crippen molar-refractivity contribution < 1.29 is 0 Å². The number of aromatic amines is 1. The van der Waals surface area contributed by atoms with Gasteiger partial charge in [0, 0.05) is 37.3 Å². The Morgan fingerprint density at radius 1 is 1.22 bits per heavy atom. The van der Waals surface area contributed by atoms with Crippen molar-refractivity contribution in [2.45, 2.75) is 0 Å². The largest absolute Gasteiger partial charge is 0.274 e. The number of nitrogens with zero attached hydrogens (tertiary/aromatic N) is 5. The van der Waals surface area contributed by atoms with Crippen molar-refractivity contribution in [3.8, 4) is 17.2 Å². The molecule has 0 radical (unpaired) electrons. The van der Waals surface area contributed by atoms with Crippen LogP contribution in [0.3, 0.4) is 0 Å². The minimum Gasteiger partial charge on any atom is -0.274 e. The predicted molar refractivity (Wildman–Crippen MR) is 68.7 cm³/mol. The van der Waals surface area contributed by atoms with Gasteiger partial charge in [-0.15, -0.1) is 0 Å². The molecule has 0 fully saturated rings. The van der Waals surface area contributed by atoms with Gasteiger partial charge >= 0.3 is 0 Å². The zero-order valence-corrected chi connectivity index (χ0v) is 10.4. The highest BCUT2D eigenvalue weighted by molar-refractivity contribution is 7.71. The fourth-order valence-corrected chi connectivity index (χ4v) is 1.95. The Balaban J connectivity index is 2.22. The molecule has 6 nitrogen and oxygen atoms in total. The number of nitrogens with one attached hydrogen (secondary N) is 1. The molecule has 0 aromatic carbocycles. The lowest BCUT2D eigenvalue weighted by molar-refractivity contribution is 0.750. The highest BCUT2D eigenvalue weighted by Gasteiger charge is 2.11. The molecule has 0 unspecified atom stereocenters. The minimum atomic E-state index is 0.514. The first-order valence-corrected chi connectivity index (χ1v) is 5.74. The number of aryl methyl sites for hydroxylation is 1. The van der Waals surface area contributed by atoms with Crippen molar-refractivity contribution in [1.82, 2.24) is 29.5 Å². The van der Waals surface area contributed by atoms with Crippen LogP contribution < -0.4 is 0 Å². The lowest BCUT2D eigenvalue weighted by atomic mass is 10.2. The summed E-state index contributed by atoms with van der Waals surface area (Å²) >= 11 is 5.24. The summed E-state index contributed by atoms with van der Waals surface area (Å²) in [5.74, 6) is 1.46. The van der Waals surface area contributed by atoms with Crippen LogP contribution in [-0.2, 0) is 7.05 Å². The predicted octanol–water partition coefficient (Wildman–Crippen LogP) is 1.73. The van der Waals surface area contributed by atoms with Gasteiger partial charge in [0.15, 0.2) is 11.6 Å². The van der Waals surface area contributed by atoms with Crippen molar-refractivity contribution >= 4 is 12.2 Å². The van der Waals surface area contributed by atoms with Crippen molar-refractivity contribution in [2.24, 2.45) is 7.05 Å². The average molecular weight is 258 g/mol. The first kappa shape index (κ1) is 10.8. The number of hydrogen-bond donors (Lipinski definition) is 1. The van der Waals surface area contributed by atoms with Crippen LogP contribution in [0.1, 0.15) is 0 Å². The maximum atomic E-state index is 5.24. The van der Waals surface area contributed by atoms with Crippen LogP contribution in [0.5, 0.6) is 0 Å². The molecule has 1 N–H and O–H groups in total. The minimum absolute atomic E-state index is 0.514. The molecule has 3 rings (SSSR count). The Morgan fingerprint density at radius 2 is 2.00 bits per heavy atom. The van der Waals surface area contributed by atoms with Gasteiger partial charge in [-0.1, -0.05) is 0 Å². The van der Waals surface area contributed by atoms with E-state index in [-0.39, 0.29) is 0 Å². The van der Waals surface area contributed by atoms with Gasteiger partial charge in [-0.05, 0) is 24.4 Å². The molecule has 3 heterocycles. The number of pyridine rings is 1. The van der Waals surface area contributed by atoms with E-state index in [4.69, 9.17) is 12.2 Å². The Morgan fingerprint density at radius 3 is 2.67 bits per heavy atom. The quantitative estimate of drug-likeness (QED) is 0.711. The maximum Gasteiger partial charge on any atom is 0.201 e. The monoisotopic (exact) mass is 258 g/mol. The van der Waals surface area contributed by atoms with Crippen molar-refractivity contribution in [1.29, 1.82) is 0 Å². The third-order valence-electron chi connectivity index (χ3n) is 2.54. The Hall–Kier alpha value is -2.28. The fraction of sp³-hybridized carbons (Fsp3) is 0.0909. The topological polar surface area (TPSA) is 64.3 Å². The lowest BCUT2D eigenvalue weighted by Crippen LogP contribution is -2.00. The van der Waals surface area contributed by atoms with E-state index in [1.54, 1.807) is 21.6 Å². The highest BCUT2D eigenvalue weighted by atomic mass is 32.1. The number of rotatable bonds is 2. The molecule has 18 heavy (non-hydrogen) atoms. The molecular formula is C11H10N6S. The summed E-state index contributed by atoms with van der Waals surface area (Å²) < 4.78 is 4.03. The van der Waals surface area contributed by atoms with Gasteiger partial charge in [-0.25, -0.2) is 4.57 Å². The van der Waals surface area contributed by atoms with Gasteiger partial charge in [0.2, 0.25) is 4.77 Å². The van der Waals surface area contributed by atoms with Gasteiger partial charge < -0.3 is 0 Å². The van der Waals surface area contributed by atoms with E-state index >= 15 is 0 Å². The Bertz CT molecular complexity index is 723. The van der Waals surface area contributed by atoms with Crippen molar-refractivity contribution in [3.05, 3.63) is 41.6 Å². The van der Waals surface area contributed by atoms with Gasteiger partial charge in [-0.2, -0.15) is 10.2 Å². The highest BCUT2D eigenvalue weighted by Crippen LogP contribution is 2.19. The molecule has 90 valence electrons. The molecule has 0 aliphatic rings. The van der Waals surface area contributed by atoms with Crippen LogP contribution in [0.2, 0.25) is 0 Å². The molecular weight excluding hydrogens is 248 g/mol. The van der Waals surface area contributed by atoms with Crippen LogP contribution >= 0.6 is 12.2 Å². The second-order valence-corrected chi connectivity index (χ2v) is 4.16. The molecule has 0 bridgehead atoms. The summed E-state index contributed by atoms with van der Waals surface area (Å²) in [6.07, 6.45) is 5.30. The van der Waals surface area contributed by atoms with Gasteiger partial charge in [0.1, 0.15) is 0 Å². The zero-order chi connectivity index (χ0) is 12.5. The van der Waals surface area contributed by atoms with Gasteiger partial charge in [0.05, 0.1) is 0 Å². The van der Waals surface area contributed by atoms with Crippen LogP contribution in [0, 0.1) is 4.77 Å². The Kier molecular flexibility index (Phi) is 2.52. The number of hydrogen-bond acceptors (Lipinski definition) is 4. The second-order valence-electron chi connectivity index (χ2n) is 3.77. The Labute approximate surface area is 108 Å². The molecule has 0 aliphatic carbocycles. The SMILES string of the molecule is Cn1ccc(-n2c(-c3ccncc3)n[nH]c2=S)n1. The molecule has 0 amide bonds. The van der Waals surface area contributed by atoms with Crippen molar-refractivity contribution in [3.63, 3.8) is 0 Å². The fourth-order valence-electron chi connectivity index (χ4n) is 1.73. The molecule has 0 atom stereocenters. The summed E-state index contributed by atoms with van der Waals surface area (Å²) in [5, 5.41) is 11.4. The molecule has 0 spiro atoms. The number of H-pyrrole nitrogens is 1. The van der Waals surface area contributed by atoms with Crippen LogP contribution in [0.25, 0.3) is 17.2 Å². The number of aromatic nitrogens is 6. The maximum absolute atomic E-state index is 5.24. The molecule has 3 aromatic heterocycles.